The van der Waals surface area contributed by atoms with Crippen molar-refractivity contribution in [3.05, 3.63) is 88.7 Å². The number of ether oxygens (including phenoxy) is 1. The molecule has 0 radical (unpaired) electrons. The van der Waals surface area contributed by atoms with E-state index in [4.69, 9.17) is 16.3 Å². The van der Waals surface area contributed by atoms with Crippen molar-refractivity contribution in [2.45, 2.75) is 20.1 Å². The lowest BCUT2D eigenvalue weighted by atomic mass is 10.1. The third-order valence-electron chi connectivity index (χ3n) is 4.48. The Morgan fingerprint density at radius 3 is 2.59 bits per heavy atom. The summed E-state index contributed by atoms with van der Waals surface area (Å²) in [5.41, 5.74) is 5.13. The first-order chi connectivity index (χ1) is 14.1. The van der Waals surface area contributed by atoms with Crippen molar-refractivity contribution in [1.29, 1.82) is 0 Å². The van der Waals surface area contributed by atoms with Crippen molar-refractivity contribution in [1.82, 2.24) is 19.9 Å². The minimum absolute atomic E-state index is 0.200. The molecule has 0 atom stereocenters. The number of nitrogens with one attached hydrogen (secondary N) is 1. The van der Waals surface area contributed by atoms with Gasteiger partial charge in [0.05, 0.1) is 17.9 Å². The molecule has 6 nitrogen and oxygen atoms in total. The largest absolute Gasteiger partial charge is 0.445 e. The minimum atomic E-state index is -0.513. The maximum absolute atomic E-state index is 12.2. The summed E-state index contributed by atoms with van der Waals surface area (Å²) in [6.07, 6.45) is -0.513. The van der Waals surface area contributed by atoms with Crippen LogP contribution in [0.15, 0.2) is 66.7 Å². The smallest absolute Gasteiger partial charge is 0.407 e. The van der Waals surface area contributed by atoms with Gasteiger partial charge in [0.15, 0.2) is 5.65 Å². The zero-order chi connectivity index (χ0) is 20.2. The van der Waals surface area contributed by atoms with Crippen LogP contribution in [0.2, 0.25) is 5.15 Å². The zero-order valence-electron chi connectivity index (χ0n) is 15.8. The highest BCUT2D eigenvalue weighted by molar-refractivity contribution is 6.29. The van der Waals surface area contributed by atoms with Crippen LogP contribution in [0.3, 0.4) is 0 Å². The summed E-state index contributed by atoms with van der Waals surface area (Å²) in [6.45, 7) is 2.43. The van der Waals surface area contributed by atoms with E-state index < -0.39 is 6.09 Å². The van der Waals surface area contributed by atoms with Crippen LogP contribution in [0, 0.1) is 6.92 Å². The Balaban J connectivity index is 1.56. The van der Waals surface area contributed by atoms with E-state index in [-0.39, 0.29) is 13.2 Å². The quantitative estimate of drug-likeness (QED) is 0.517. The van der Waals surface area contributed by atoms with E-state index >= 15 is 0 Å². The van der Waals surface area contributed by atoms with Crippen LogP contribution in [-0.2, 0) is 17.9 Å². The molecule has 7 heteroatoms. The van der Waals surface area contributed by atoms with E-state index in [2.05, 4.69) is 15.4 Å². The van der Waals surface area contributed by atoms with Crippen molar-refractivity contribution in [3.8, 4) is 11.3 Å². The van der Waals surface area contributed by atoms with Gasteiger partial charge in [-0.25, -0.2) is 14.3 Å². The SMILES string of the molecule is Cc1ccc(-c2nc3ccc(Cl)nn3c2CNC(=O)OCc2ccccc2)cc1. The molecule has 2 aromatic carbocycles. The molecule has 0 saturated heterocycles. The Bertz CT molecular complexity index is 1140. The molecule has 146 valence electrons. The fourth-order valence-electron chi connectivity index (χ4n) is 2.99. The summed E-state index contributed by atoms with van der Waals surface area (Å²) >= 11 is 6.08. The number of aryl methyl sites for hydroxylation is 1. The van der Waals surface area contributed by atoms with E-state index in [1.54, 1.807) is 16.6 Å². The number of carbonyl (C=O) groups excluding carboxylic acids is 1. The van der Waals surface area contributed by atoms with Gasteiger partial charge in [-0.1, -0.05) is 71.8 Å². The lowest BCUT2D eigenvalue weighted by molar-refractivity contribution is 0.139. The van der Waals surface area contributed by atoms with Gasteiger partial charge >= 0.3 is 6.09 Å². The minimum Gasteiger partial charge on any atom is -0.445 e. The third kappa shape index (κ3) is 4.38. The highest BCUT2D eigenvalue weighted by Crippen LogP contribution is 2.25. The molecule has 29 heavy (non-hydrogen) atoms. The number of aromatic nitrogens is 3. The Hall–Kier alpha value is -3.38. The second-order valence-electron chi connectivity index (χ2n) is 6.61. The first kappa shape index (κ1) is 19.0. The van der Waals surface area contributed by atoms with Crippen molar-refractivity contribution >= 4 is 23.3 Å². The van der Waals surface area contributed by atoms with Gasteiger partial charge in [0.25, 0.3) is 0 Å². The molecule has 1 amide bonds. The van der Waals surface area contributed by atoms with Crippen LogP contribution >= 0.6 is 11.6 Å². The number of alkyl carbamates (subject to hydrolysis) is 1. The Morgan fingerprint density at radius 2 is 1.83 bits per heavy atom. The highest BCUT2D eigenvalue weighted by Gasteiger charge is 2.16. The molecule has 0 aliphatic heterocycles. The number of nitrogens with zero attached hydrogens (tertiary/aromatic N) is 3. The maximum Gasteiger partial charge on any atom is 0.407 e. The molecule has 0 bridgehead atoms. The predicted molar refractivity (Wildman–Crippen MR) is 112 cm³/mol. The van der Waals surface area contributed by atoms with Crippen molar-refractivity contribution in [2.75, 3.05) is 0 Å². The second-order valence-corrected chi connectivity index (χ2v) is 7.00. The van der Waals surface area contributed by atoms with Crippen LogP contribution in [-0.4, -0.2) is 20.7 Å². The molecule has 0 aliphatic rings. The Morgan fingerprint density at radius 1 is 1.07 bits per heavy atom. The summed E-state index contributed by atoms with van der Waals surface area (Å²) in [4.78, 5) is 16.9. The van der Waals surface area contributed by atoms with Crippen molar-refractivity contribution in [3.63, 3.8) is 0 Å². The molecule has 0 aliphatic carbocycles. The summed E-state index contributed by atoms with van der Waals surface area (Å²) in [5.74, 6) is 0. The summed E-state index contributed by atoms with van der Waals surface area (Å²) < 4.78 is 6.95. The van der Waals surface area contributed by atoms with E-state index in [9.17, 15) is 4.79 Å². The molecule has 2 heterocycles. The topological polar surface area (TPSA) is 68.5 Å². The first-order valence-corrected chi connectivity index (χ1v) is 9.54. The van der Waals surface area contributed by atoms with Crippen molar-refractivity contribution < 1.29 is 9.53 Å². The fourth-order valence-corrected chi connectivity index (χ4v) is 3.13. The lowest BCUT2D eigenvalue weighted by Gasteiger charge is -2.09. The number of carbonyl (C=O) groups is 1. The molecule has 0 saturated carbocycles. The van der Waals surface area contributed by atoms with E-state index in [0.29, 0.717) is 10.8 Å². The van der Waals surface area contributed by atoms with Gasteiger partial charge in [0, 0.05) is 5.56 Å². The van der Waals surface area contributed by atoms with Crippen LogP contribution in [0.4, 0.5) is 4.79 Å². The average molecular weight is 407 g/mol. The molecule has 1 N–H and O–H groups in total. The normalized spacial score (nSPS) is 10.8. The molecule has 4 aromatic rings. The molecule has 0 unspecified atom stereocenters. The molecule has 4 rings (SSSR count). The second kappa shape index (κ2) is 8.32. The fraction of sp³-hybridized carbons (Fsp3) is 0.136. The highest BCUT2D eigenvalue weighted by atomic mass is 35.5. The van der Waals surface area contributed by atoms with Crippen LogP contribution in [0.25, 0.3) is 16.9 Å². The summed E-state index contributed by atoms with van der Waals surface area (Å²) in [6, 6.07) is 21.0. The van der Waals surface area contributed by atoms with Crippen LogP contribution < -0.4 is 5.32 Å². The number of hydrogen-bond acceptors (Lipinski definition) is 4. The monoisotopic (exact) mass is 406 g/mol. The number of hydrogen-bond donors (Lipinski definition) is 1. The molecule has 2 aromatic heterocycles. The number of benzene rings is 2. The average Bonchev–Trinajstić information content (AvgIpc) is 3.09. The number of fused-ring (bicyclic) bond motifs is 1. The summed E-state index contributed by atoms with van der Waals surface area (Å²) in [5, 5.41) is 7.47. The van der Waals surface area contributed by atoms with Crippen LogP contribution in [0.5, 0.6) is 0 Å². The number of amides is 1. The van der Waals surface area contributed by atoms with Gasteiger partial charge in [0.1, 0.15) is 11.8 Å². The maximum atomic E-state index is 12.2. The van der Waals surface area contributed by atoms with Gasteiger partial charge in [-0.05, 0) is 24.6 Å². The predicted octanol–water partition coefficient (Wildman–Crippen LogP) is 4.78. The summed E-state index contributed by atoms with van der Waals surface area (Å²) in [7, 11) is 0. The third-order valence-corrected chi connectivity index (χ3v) is 4.68. The van der Waals surface area contributed by atoms with Crippen molar-refractivity contribution in [2.24, 2.45) is 0 Å². The lowest BCUT2D eigenvalue weighted by Crippen LogP contribution is -2.24. The number of halogens is 1. The molecular formula is C22H19ClN4O2. The van der Waals surface area contributed by atoms with E-state index in [1.165, 1.54) is 0 Å². The van der Waals surface area contributed by atoms with Gasteiger partial charge < -0.3 is 10.1 Å². The molecular weight excluding hydrogens is 388 g/mol. The Labute approximate surface area is 173 Å². The van der Waals surface area contributed by atoms with Crippen LogP contribution in [0.1, 0.15) is 16.8 Å². The van der Waals surface area contributed by atoms with Gasteiger partial charge in [-0.15, -0.1) is 0 Å². The first-order valence-electron chi connectivity index (χ1n) is 9.16. The number of imidazole rings is 1. The molecule has 0 fully saturated rings. The molecule has 0 spiro atoms. The van der Waals surface area contributed by atoms with Gasteiger partial charge in [-0.2, -0.15) is 5.10 Å². The van der Waals surface area contributed by atoms with Gasteiger partial charge in [0.2, 0.25) is 0 Å². The van der Waals surface area contributed by atoms with E-state index in [0.717, 1.165) is 28.1 Å². The van der Waals surface area contributed by atoms with Gasteiger partial charge in [-0.3, -0.25) is 0 Å². The zero-order valence-corrected chi connectivity index (χ0v) is 16.6. The van der Waals surface area contributed by atoms with E-state index in [1.807, 2.05) is 61.5 Å². The Kier molecular flexibility index (Phi) is 5.44. The standard InChI is InChI=1S/C22H19ClN4O2/c1-15-7-9-17(10-8-15)21-18(27-20(25-21)12-11-19(23)26-27)13-24-22(28)29-14-16-5-3-2-4-6-16/h2-12H,13-14H2,1H3,(H,24,28). The number of rotatable bonds is 5.